The first-order chi connectivity index (χ1) is 5.02. The van der Waals surface area contributed by atoms with Gasteiger partial charge < -0.3 is 0 Å². The summed E-state index contributed by atoms with van der Waals surface area (Å²) in [6, 6.07) is 0. The van der Waals surface area contributed by atoms with E-state index in [2.05, 4.69) is 9.98 Å². The lowest BCUT2D eigenvalue weighted by atomic mass is 10.3. The molecule has 0 aliphatic rings. The zero-order valence-electron chi connectivity index (χ0n) is 6.93. The van der Waals surface area contributed by atoms with E-state index >= 15 is 0 Å². The molecule has 0 atom stereocenters. The number of hydrogen-bond donors (Lipinski definition) is 0. The highest BCUT2D eigenvalue weighted by molar-refractivity contribution is 5.94. The Morgan fingerprint density at radius 3 is 2.36 bits per heavy atom. The van der Waals surface area contributed by atoms with E-state index in [0.717, 1.165) is 6.92 Å². The van der Waals surface area contributed by atoms with E-state index in [1.54, 1.807) is 0 Å². The molecule has 0 aromatic carbocycles. The van der Waals surface area contributed by atoms with E-state index < -0.39 is 11.8 Å². The predicted molar refractivity (Wildman–Crippen MR) is 42.8 cm³/mol. The maximum Gasteiger partial charge on any atom is 0.303 e. The first-order valence-electron chi connectivity index (χ1n) is 3.40. The van der Waals surface area contributed by atoms with Crippen molar-refractivity contribution < 1.29 is 8.78 Å². The van der Waals surface area contributed by atoms with Crippen LogP contribution >= 0.6 is 0 Å². The average Bonchev–Trinajstić information content (AvgIpc) is 1.87. The van der Waals surface area contributed by atoms with Gasteiger partial charge in [-0.1, -0.05) is 6.92 Å². The van der Waals surface area contributed by atoms with Crippen LogP contribution in [0.5, 0.6) is 0 Å². The van der Waals surface area contributed by atoms with Crippen molar-refractivity contribution in [3.8, 4) is 0 Å². The van der Waals surface area contributed by atoms with Gasteiger partial charge in [0.15, 0.2) is 5.84 Å². The number of hydrogen-bond acceptors (Lipinski definition) is 1. The maximum atomic E-state index is 12.5. The van der Waals surface area contributed by atoms with Crippen LogP contribution in [0.4, 0.5) is 8.78 Å². The molecule has 2 nitrogen and oxygen atoms in total. The van der Waals surface area contributed by atoms with Crippen molar-refractivity contribution in [3.05, 3.63) is 0 Å². The largest absolute Gasteiger partial charge is 0.303 e. The quantitative estimate of drug-likeness (QED) is 0.439. The second-order valence-electron chi connectivity index (χ2n) is 2.16. The third kappa shape index (κ3) is 3.80. The van der Waals surface area contributed by atoms with Crippen LogP contribution in [0.3, 0.4) is 0 Å². The number of nitrogens with zero attached hydrogens (tertiary/aromatic N) is 2. The van der Waals surface area contributed by atoms with E-state index in [1.807, 2.05) is 6.92 Å². The number of rotatable bonds is 2. The molecule has 64 valence electrons. The molecule has 0 aliphatic heterocycles. The summed E-state index contributed by atoms with van der Waals surface area (Å²) in [6.45, 7) is 2.60. The average molecular weight is 162 g/mol. The van der Waals surface area contributed by atoms with E-state index in [9.17, 15) is 8.78 Å². The molecule has 0 aromatic rings. The van der Waals surface area contributed by atoms with Crippen LogP contribution in [-0.4, -0.2) is 25.0 Å². The van der Waals surface area contributed by atoms with E-state index in [-0.39, 0.29) is 0 Å². The highest BCUT2D eigenvalue weighted by Gasteiger charge is 2.28. The highest BCUT2D eigenvalue weighted by atomic mass is 19.3. The molecule has 0 unspecified atom stereocenters. The summed E-state index contributed by atoms with van der Waals surface area (Å²) in [4.78, 5) is 6.87. The topological polar surface area (TPSA) is 24.7 Å². The number of halogens is 2. The maximum absolute atomic E-state index is 12.5. The van der Waals surface area contributed by atoms with E-state index in [4.69, 9.17) is 0 Å². The summed E-state index contributed by atoms with van der Waals surface area (Å²) in [6.07, 6.45) is 2.05. The lowest BCUT2D eigenvalue weighted by molar-refractivity contribution is 0.0991. The minimum atomic E-state index is -2.93. The Kier molecular flexibility index (Phi) is 3.85. The van der Waals surface area contributed by atoms with Crippen molar-refractivity contribution in [2.24, 2.45) is 9.98 Å². The highest BCUT2D eigenvalue weighted by Crippen LogP contribution is 2.14. The van der Waals surface area contributed by atoms with Crippen LogP contribution in [0.25, 0.3) is 0 Å². The molecule has 4 heteroatoms. The van der Waals surface area contributed by atoms with Crippen LogP contribution in [0.2, 0.25) is 0 Å². The summed E-state index contributed by atoms with van der Waals surface area (Å²) in [5.41, 5.74) is 0. The number of amidine groups is 1. The van der Waals surface area contributed by atoms with Gasteiger partial charge in [0.05, 0.1) is 0 Å². The van der Waals surface area contributed by atoms with Gasteiger partial charge >= 0.3 is 5.92 Å². The standard InChI is InChI=1S/C7H12F2N2/c1-4-5-11-6(10-3)7(2,8)9/h5H,4H2,1-3H3. The van der Waals surface area contributed by atoms with Gasteiger partial charge in [-0.2, -0.15) is 8.78 Å². The minimum absolute atomic E-state index is 0.417. The van der Waals surface area contributed by atoms with Crippen LogP contribution in [0.1, 0.15) is 20.3 Å². The van der Waals surface area contributed by atoms with Crippen LogP contribution in [0.15, 0.2) is 9.98 Å². The van der Waals surface area contributed by atoms with Crippen LogP contribution < -0.4 is 0 Å². The summed E-state index contributed by atoms with van der Waals surface area (Å²) < 4.78 is 24.9. The molecule has 0 spiro atoms. The van der Waals surface area contributed by atoms with Crippen molar-refractivity contribution in [1.29, 1.82) is 0 Å². The van der Waals surface area contributed by atoms with E-state index in [1.165, 1.54) is 13.3 Å². The van der Waals surface area contributed by atoms with Gasteiger partial charge in [-0.3, -0.25) is 4.99 Å². The Balaban J connectivity index is 4.33. The third-order valence-corrected chi connectivity index (χ3v) is 1.00. The third-order valence-electron chi connectivity index (χ3n) is 1.00. The van der Waals surface area contributed by atoms with Gasteiger partial charge in [-0.25, -0.2) is 4.99 Å². The minimum Gasteiger partial charge on any atom is -0.269 e. The van der Waals surface area contributed by atoms with Crippen molar-refractivity contribution in [3.63, 3.8) is 0 Å². The molecule has 0 bridgehead atoms. The molecule has 0 fully saturated rings. The van der Waals surface area contributed by atoms with Gasteiger partial charge in [-0.05, 0) is 6.42 Å². The zero-order chi connectivity index (χ0) is 8.91. The molecule has 0 radical (unpaired) electrons. The number of aliphatic imine (C=N–C) groups is 2. The SMILES string of the molecule is CCC=NC(=NC)C(C)(F)F. The van der Waals surface area contributed by atoms with Crippen LogP contribution in [-0.2, 0) is 0 Å². The monoisotopic (exact) mass is 162 g/mol. The summed E-state index contributed by atoms with van der Waals surface area (Å²) in [7, 11) is 1.31. The fourth-order valence-electron chi connectivity index (χ4n) is 0.545. The Morgan fingerprint density at radius 1 is 1.55 bits per heavy atom. The Labute approximate surface area is 65.1 Å². The summed E-state index contributed by atoms with van der Waals surface area (Å²) in [5.74, 6) is -3.35. The molecule has 0 heterocycles. The van der Waals surface area contributed by atoms with Gasteiger partial charge in [0.2, 0.25) is 0 Å². The molecule has 11 heavy (non-hydrogen) atoms. The second-order valence-corrected chi connectivity index (χ2v) is 2.16. The summed E-state index contributed by atoms with van der Waals surface area (Å²) >= 11 is 0. The van der Waals surface area contributed by atoms with Crippen LogP contribution in [0, 0.1) is 0 Å². The van der Waals surface area contributed by atoms with Gasteiger partial charge in [0.1, 0.15) is 0 Å². The summed E-state index contributed by atoms with van der Waals surface area (Å²) in [5, 5.41) is 0. The van der Waals surface area contributed by atoms with Gasteiger partial charge in [0.25, 0.3) is 0 Å². The molecular formula is C7H12F2N2. The zero-order valence-corrected chi connectivity index (χ0v) is 6.93. The second kappa shape index (κ2) is 4.16. The van der Waals surface area contributed by atoms with Crippen molar-refractivity contribution in [1.82, 2.24) is 0 Å². The molecule has 0 aromatic heterocycles. The Hall–Kier alpha value is -0.800. The molecule has 0 N–H and O–H groups in total. The molecule has 0 saturated carbocycles. The fraction of sp³-hybridized carbons (Fsp3) is 0.714. The van der Waals surface area contributed by atoms with E-state index in [0.29, 0.717) is 6.42 Å². The molecule has 0 aliphatic carbocycles. The smallest absolute Gasteiger partial charge is 0.269 e. The van der Waals surface area contributed by atoms with Gasteiger partial charge in [0, 0.05) is 20.2 Å². The van der Waals surface area contributed by atoms with Crippen molar-refractivity contribution in [2.45, 2.75) is 26.2 Å². The lowest BCUT2D eigenvalue weighted by Gasteiger charge is -2.07. The molecule has 0 rings (SSSR count). The van der Waals surface area contributed by atoms with Crippen molar-refractivity contribution >= 4 is 12.1 Å². The normalized spacial score (nSPS) is 14.5. The molecule has 0 amide bonds. The number of alkyl halides is 2. The molecular weight excluding hydrogens is 150 g/mol. The first-order valence-corrected chi connectivity index (χ1v) is 3.40. The lowest BCUT2D eigenvalue weighted by Crippen LogP contribution is -2.22. The first kappa shape index (κ1) is 10.2. The van der Waals surface area contributed by atoms with Gasteiger partial charge in [-0.15, -0.1) is 0 Å². The fourth-order valence-corrected chi connectivity index (χ4v) is 0.545. The molecule has 0 saturated heterocycles. The Bertz CT molecular complexity index is 168. The predicted octanol–water partition coefficient (Wildman–Crippen LogP) is 2.15. The Morgan fingerprint density at radius 2 is 2.09 bits per heavy atom. The van der Waals surface area contributed by atoms with Crippen molar-refractivity contribution in [2.75, 3.05) is 7.05 Å².